The Morgan fingerprint density at radius 3 is 2.74 bits per heavy atom. The Morgan fingerprint density at radius 1 is 1.26 bits per heavy atom. The molecule has 1 aromatic rings. The summed E-state index contributed by atoms with van der Waals surface area (Å²) in [4.78, 5) is 1.40. The lowest BCUT2D eigenvalue weighted by Gasteiger charge is -2.27. The van der Waals surface area contributed by atoms with Crippen LogP contribution in [0, 0.1) is 0 Å². The summed E-state index contributed by atoms with van der Waals surface area (Å²) in [5.41, 5.74) is 1.41. The SMILES string of the molecule is CCOC(CNC1CCSc2ccccc21)OCC. The highest BCUT2D eigenvalue weighted by Gasteiger charge is 2.21. The molecule has 0 bridgehead atoms. The number of rotatable bonds is 7. The predicted octanol–water partition coefficient (Wildman–Crippen LogP) is 3.21. The van der Waals surface area contributed by atoms with Crippen LogP contribution in [0.3, 0.4) is 0 Å². The third kappa shape index (κ3) is 4.21. The van der Waals surface area contributed by atoms with Crippen molar-refractivity contribution in [3.63, 3.8) is 0 Å². The summed E-state index contributed by atoms with van der Waals surface area (Å²) in [7, 11) is 0. The van der Waals surface area contributed by atoms with Gasteiger partial charge in [-0.25, -0.2) is 0 Å². The van der Waals surface area contributed by atoms with E-state index in [2.05, 4.69) is 29.6 Å². The number of benzene rings is 1. The monoisotopic (exact) mass is 281 g/mol. The lowest BCUT2D eigenvalue weighted by atomic mass is 10.0. The molecule has 0 radical (unpaired) electrons. The zero-order valence-electron chi connectivity index (χ0n) is 11.7. The Kier molecular flexibility index (Phi) is 6.17. The van der Waals surface area contributed by atoms with Crippen LogP contribution >= 0.6 is 11.8 Å². The van der Waals surface area contributed by atoms with Crippen molar-refractivity contribution in [3.05, 3.63) is 29.8 Å². The van der Waals surface area contributed by atoms with Crippen LogP contribution in [-0.2, 0) is 9.47 Å². The fourth-order valence-corrected chi connectivity index (χ4v) is 3.46. The van der Waals surface area contributed by atoms with Crippen LogP contribution in [0.5, 0.6) is 0 Å². The van der Waals surface area contributed by atoms with E-state index in [9.17, 15) is 0 Å². The standard InChI is InChI=1S/C15H23NO2S/c1-3-17-15(18-4-2)11-16-13-9-10-19-14-8-6-5-7-12(13)14/h5-8,13,15-16H,3-4,9-11H2,1-2H3. The predicted molar refractivity (Wildman–Crippen MR) is 79.6 cm³/mol. The Balaban J connectivity index is 1.92. The molecule has 1 aliphatic heterocycles. The van der Waals surface area contributed by atoms with Crippen LogP contribution < -0.4 is 5.32 Å². The van der Waals surface area contributed by atoms with Gasteiger partial charge in [0, 0.05) is 30.7 Å². The summed E-state index contributed by atoms with van der Waals surface area (Å²) in [5.74, 6) is 1.17. The largest absolute Gasteiger partial charge is 0.352 e. The number of nitrogens with one attached hydrogen (secondary N) is 1. The Bertz CT molecular complexity index is 380. The van der Waals surface area contributed by atoms with Gasteiger partial charge >= 0.3 is 0 Å². The maximum absolute atomic E-state index is 5.57. The molecule has 0 saturated carbocycles. The summed E-state index contributed by atoms with van der Waals surface area (Å²) in [6.45, 7) is 6.11. The topological polar surface area (TPSA) is 30.5 Å². The molecule has 0 saturated heterocycles. The average molecular weight is 281 g/mol. The molecule has 3 nitrogen and oxygen atoms in total. The van der Waals surface area contributed by atoms with Gasteiger partial charge in [-0.1, -0.05) is 18.2 Å². The number of thioether (sulfide) groups is 1. The highest BCUT2D eigenvalue weighted by molar-refractivity contribution is 7.99. The molecule has 1 unspecified atom stereocenters. The molecule has 0 fully saturated rings. The van der Waals surface area contributed by atoms with Crippen molar-refractivity contribution in [1.82, 2.24) is 5.32 Å². The first-order valence-electron chi connectivity index (χ1n) is 7.03. The van der Waals surface area contributed by atoms with Gasteiger partial charge < -0.3 is 14.8 Å². The maximum atomic E-state index is 5.57. The molecule has 1 aliphatic rings. The molecule has 4 heteroatoms. The van der Waals surface area contributed by atoms with Gasteiger partial charge in [-0.05, 0) is 37.7 Å². The highest BCUT2D eigenvalue weighted by Crippen LogP contribution is 2.35. The normalized spacial score (nSPS) is 18.6. The van der Waals surface area contributed by atoms with Crippen LogP contribution in [0.15, 0.2) is 29.2 Å². The van der Waals surface area contributed by atoms with Crippen molar-refractivity contribution in [2.24, 2.45) is 0 Å². The fourth-order valence-electron chi connectivity index (χ4n) is 2.33. The summed E-state index contributed by atoms with van der Waals surface area (Å²) in [6.07, 6.45) is 1.02. The van der Waals surface area contributed by atoms with E-state index < -0.39 is 0 Å². The molecule has 1 heterocycles. The molecule has 0 spiro atoms. The second-order valence-electron chi connectivity index (χ2n) is 4.48. The molecule has 106 valence electrons. The van der Waals surface area contributed by atoms with Crippen molar-refractivity contribution in [2.45, 2.75) is 37.5 Å². The number of fused-ring (bicyclic) bond motifs is 1. The van der Waals surface area contributed by atoms with E-state index in [0.717, 1.165) is 13.0 Å². The zero-order valence-corrected chi connectivity index (χ0v) is 12.5. The fraction of sp³-hybridized carbons (Fsp3) is 0.600. The van der Waals surface area contributed by atoms with Crippen molar-refractivity contribution >= 4 is 11.8 Å². The summed E-state index contributed by atoms with van der Waals surface area (Å²) in [5, 5.41) is 3.58. The van der Waals surface area contributed by atoms with Crippen molar-refractivity contribution in [2.75, 3.05) is 25.5 Å². The minimum atomic E-state index is -0.142. The second kappa shape index (κ2) is 7.90. The molecule has 1 N–H and O–H groups in total. The Hall–Kier alpha value is -0.550. The third-order valence-corrected chi connectivity index (χ3v) is 4.32. The van der Waals surface area contributed by atoms with E-state index in [1.807, 2.05) is 25.6 Å². The van der Waals surface area contributed by atoms with Gasteiger partial charge in [0.2, 0.25) is 0 Å². The number of hydrogen-bond acceptors (Lipinski definition) is 4. The molecule has 19 heavy (non-hydrogen) atoms. The van der Waals surface area contributed by atoms with Crippen LogP contribution in [0.25, 0.3) is 0 Å². The van der Waals surface area contributed by atoms with Gasteiger partial charge in [-0.2, -0.15) is 0 Å². The smallest absolute Gasteiger partial charge is 0.169 e. The molecule has 2 rings (SSSR count). The van der Waals surface area contributed by atoms with E-state index >= 15 is 0 Å². The average Bonchev–Trinajstić information content (AvgIpc) is 2.45. The quantitative estimate of drug-likeness (QED) is 0.777. The lowest BCUT2D eigenvalue weighted by Crippen LogP contribution is -2.35. The van der Waals surface area contributed by atoms with Crippen molar-refractivity contribution in [3.8, 4) is 0 Å². The second-order valence-corrected chi connectivity index (χ2v) is 5.61. The first kappa shape index (κ1) is 14.9. The van der Waals surface area contributed by atoms with E-state index in [4.69, 9.17) is 9.47 Å². The van der Waals surface area contributed by atoms with Gasteiger partial charge in [0.25, 0.3) is 0 Å². The number of ether oxygens (including phenoxy) is 2. The first-order valence-corrected chi connectivity index (χ1v) is 8.02. The first-order chi connectivity index (χ1) is 9.35. The van der Waals surface area contributed by atoms with Crippen LogP contribution in [0.2, 0.25) is 0 Å². The van der Waals surface area contributed by atoms with Crippen LogP contribution in [-0.4, -0.2) is 31.8 Å². The van der Waals surface area contributed by atoms with Gasteiger partial charge in [0.05, 0.1) is 0 Å². The van der Waals surface area contributed by atoms with E-state index in [1.165, 1.54) is 16.2 Å². The van der Waals surface area contributed by atoms with Crippen LogP contribution in [0.4, 0.5) is 0 Å². The zero-order chi connectivity index (χ0) is 13.5. The minimum absolute atomic E-state index is 0.142. The van der Waals surface area contributed by atoms with Gasteiger partial charge in [0.1, 0.15) is 0 Å². The molecular formula is C15H23NO2S. The molecule has 0 aliphatic carbocycles. The Labute approximate surface area is 120 Å². The van der Waals surface area contributed by atoms with E-state index in [-0.39, 0.29) is 6.29 Å². The van der Waals surface area contributed by atoms with Crippen LogP contribution in [0.1, 0.15) is 31.9 Å². The summed E-state index contributed by atoms with van der Waals surface area (Å²) >= 11 is 1.94. The van der Waals surface area contributed by atoms with E-state index in [0.29, 0.717) is 19.3 Å². The lowest BCUT2D eigenvalue weighted by molar-refractivity contribution is -0.133. The van der Waals surface area contributed by atoms with E-state index in [1.54, 1.807) is 0 Å². The Morgan fingerprint density at radius 2 is 2.00 bits per heavy atom. The van der Waals surface area contributed by atoms with Crippen molar-refractivity contribution in [1.29, 1.82) is 0 Å². The minimum Gasteiger partial charge on any atom is -0.352 e. The van der Waals surface area contributed by atoms with Gasteiger partial charge in [-0.3, -0.25) is 0 Å². The molecule has 1 aromatic carbocycles. The molecule has 0 aromatic heterocycles. The van der Waals surface area contributed by atoms with Crippen molar-refractivity contribution < 1.29 is 9.47 Å². The van der Waals surface area contributed by atoms with Gasteiger partial charge in [-0.15, -0.1) is 11.8 Å². The summed E-state index contributed by atoms with van der Waals surface area (Å²) in [6, 6.07) is 9.06. The highest BCUT2D eigenvalue weighted by atomic mass is 32.2. The summed E-state index contributed by atoms with van der Waals surface area (Å²) < 4.78 is 11.1. The third-order valence-electron chi connectivity index (χ3n) is 3.19. The molecule has 0 amide bonds. The molecule has 1 atom stereocenters. The number of hydrogen-bond donors (Lipinski definition) is 1. The molecular weight excluding hydrogens is 258 g/mol. The maximum Gasteiger partial charge on any atom is 0.169 e. The van der Waals surface area contributed by atoms with Gasteiger partial charge in [0.15, 0.2) is 6.29 Å².